The van der Waals surface area contributed by atoms with Crippen LogP contribution in [0.15, 0.2) is 18.2 Å². The van der Waals surface area contributed by atoms with Gasteiger partial charge in [-0.1, -0.05) is 29.3 Å². The number of benzene rings is 1. The molecule has 1 saturated heterocycles. The smallest absolute Gasteiger partial charge is 0.0802 e. The van der Waals surface area contributed by atoms with Gasteiger partial charge in [-0.3, -0.25) is 0 Å². The van der Waals surface area contributed by atoms with Gasteiger partial charge in [-0.2, -0.15) is 0 Å². The van der Waals surface area contributed by atoms with E-state index in [0.29, 0.717) is 0 Å². The van der Waals surface area contributed by atoms with Gasteiger partial charge in [0.05, 0.1) is 6.10 Å². The fourth-order valence-electron chi connectivity index (χ4n) is 2.75. The largest absolute Gasteiger partial charge is 0.388 e. The van der Waals surface area contributed by atoms with E-state index in [1.165, 1.54) is 11.1 Å². The minimum Gasteiger partial charge on any atom is -0.388 e. The summed E-state index contributed by atoms with van der Waals surface area (Å²) in [6.07, 6.45) is 0.491. The van der Waals surface area contributed by atoms with Crippen molar-refractivity contribution in [3.8, 4) is 0 Å². The molecule has 0 saturated carbocycles. The Balaban J connectivity index is 1.85. The standard InChI is InChI=1S/C16H26N2O/c1-13-10-14(2)12-15(11-13)16(19)4-5-18-8-6-17(3)7-9-18/h10-12,16,19H,4-9H2,1-3H3. The molecule has 1 aromatic rings. The van der Waals surface area contributed by atoms with Gasteiger partial charge >= 0.3 is 0 Å². The fourth-order valence-corrected chi connectivity index (χ4v) is 2.75. The second kappa shape index (κ2) is 6.51. The lowest BCUT2D eigenvalue weighted by molar-refractivity contribution is 0.113. The van der Waals surface area contributed by atoms with Gasteiger partial charge in [0.15, 0.2) is 0 Å². The van der Waals surface area contributed by atoms with Crippen LogP contribution in [0.4, 0.5) is 0 Å². The summed E-state index contributed by atoms with van der Waals surface area (Å²) in [5.41, 5.74) is 3.52. The highest BCUT2D eigenvalue weighted by Crippen LogP contribution is 2.20. The third-order valence-corrected chi connectivity index (χ3v) is 3.94. The monoisotopic (exact) mass is 262 g/mol. The number of aliphatic hydroxyl groups excluding tert-OH is 1. The Kier molecular flexibility index (Phi) is 4.97. The van der Waals surface area contributed by atoms with Crippen LogP contribution >= 0.6 is 0 Å². The number of rotatable bonds is 4. The molecule has 1 heterocycles. The van der Waals surface area contributed by atoms with E-state index in [-0.39, 0.29) is 6.10 Å². The number of aliphatic hydroxyl groups is 1. The summed E-state index contributed by atoms with van der Waals surface area (Å²) in [6.45, 7) is 9.68. The van der Waals surface area contributed by atoms with Gasteiger partial charge < -0.3 is 14.9 Å². The Morgan fingerprint density at radius 1 is 1.05 bits per heavy atom. The number of hydrogen-bond acceptors (Lipinski definition) is 3. The molecule has 0 spiro atoms. The van der Waals surface area contributed by atoms with Crippen molar-refractivity contribution in [2.24, 2.45) is 0 Å². The highest BCUT2D eigenvalue weighted by Gasteiger charge is 2.15. The molecule has 0 amide bonds. The zero-order valence-corrected chi connectivity index (χ0v) is 12.4. The fraction of sp³-hybridized carbons (Fsp3) is 0.625. The van der Waals surface area contributed by atoms with E-state index in [1.54, 1.807) is 0 Å². The van der Waals surface area contributed by atoms with Gasteiger partial charge in [-0.25, -0.2) is 0 Å². The maximum atomic E-state index is 10.3. The molecular weight excluding hydrogens is 236 g/mol. The topological polar surface area (TPSA) is 26.7 Å². The Morgan fingerprint density at radius 2 is 1.63 bits per heavy atom. The van der Waals surface area contributed by atoms with Crippen LogP contribution in [0.2, 0.25) is 0 Å². The first kappa shape index (κ1) is 14.5. The molecule has 1 aliphatic heterocycles. The van der Waals surface area contributed by atoms with Gasteiger partial charge in [-0.15, -0.1) is 0 Å². The van der Waals surface area contributed by atoms with Gasteiger partial charge in [0.1, 0.15) is 0 Å². The van der Waals surface area contributed by atoms with Crippen molar-refractivity contribution in [3.63, 3.8) is 0 Å². The SMILES string of the molecule is Cc1cc(C)cc(C(O)CCN2CCN(C)CC2)c1. The summed E-state index contributed by atoms with van der Waals surface area (Å²) in [6, 6.07) is 6.35. The van der Waals surface area contributed by atoms with Crippen LogP contribution in [0.1, 0.15) is 29.2 Å². The molecule has 1 N–H and O–H groups in total. The number of aryl methyl sites for hydroxylation is 2. The van der Waals surface area contributed by atoms with Crippen LogP contribution in [0.5, 0.6) is 0 Å². The lowest BCUT2D eigenvalue weighted by Gasteiger charge is -2.32. The quantitative estimate of drug-likeness (QED) is 0.899. The molecule has 0 radical (unpaired) electrons. The summed E-state index contributed by atoms with van der Waals surface area (Å²) < 4.78 is 0. The van der Waals surface area contributed by atoms with Crippen molar-refractivity contribution in [2.75, 3.05) is 39.8 Å². The summed E-state index contributed by atoms with van der Waals surface area (Å²) in [4.78, 5) is 4.81. The van der Waals surface area contributed by atoms with E-state index in [4.69, 9.17) is 0 Å². The van der Waals surface area contributed by atoms with E-state index in [9.17, 15) is 5.11 Å². The molecule has 0 aliphatic carbocycles. The molecule has 2 rings (SSSR count). The molecule has 1 unspecified atom stereocenters. The predicted molar refractivity (Wildman–Crippen MR) is 79.4 cm³/mol. The van der Waals surface area contributed by atoms with Crippen molar-refractivity contribution in [1.29, 1.82) is 0 Å². The molecule has 0 bridgehead atoms. The highest BCUT2D eigenvalue weighted by molar-refractivity contribution is 5.29. The molecule has 1 aromatic carbocycles. The van der Waals surface area contributed by atoms with Crippen LogP contribution in [-0.4, -0.2) is 54.7 Å². The van der Waals surface area contributed by atoms with E-state index < -0.39 is 0 Å². The minimum atomic E-state index is -0.335. The Morgan fingerprint density at radius 3 is 2.21 bits per heavy atom. The van der Waals surface area contributed by atoms with Gasteiger partial charge in [-0.05, 0) is 32.9 Å². The number of likely N-dealkylation sites (N-methyl/N-ethyl adjacent to an activating group) is 1. The molecule has 1 aliphatic rings. The average Bonchev–Trinajstić information content (AvgIpc) is 2.36. The van der Waals surface area contributed by atoms with Crippen molar-refractivity contribution < 1.29 is 5.11 Å². The summed E-state index contributed by atoms with van der Waals surface area (Å²) >= 11 is 0. The van der Waals surface area contributed by atoms with Crippen molar-refractivity contribution in [3.05, 3.63) is 34.9 Å². The lowest BCUT2D eigenvalue weighted by atomic mass is 10.0. The third kappa shape index (κ3) is 4.30. The Bertz CT molecular complexity index is 391. The van der Waals surface area contributed by atoms with Crippen LogP contribution in [0.25, 0.3) is 0 Å². The van der Waals surface area contributed by atoms with Crippen molar-refractivity contribution >= 4 is 0 Å². The number of piperazine rings is 1. The average molecular weight is 262 g/mol. The molecule has 19 heavy (non-hydrogen) atoms. The Hall–Kier alpha value is -0.900. The first-order chi connectivity index (χ1) is 9.04. The van der Waals surface area contributed by atoms with Gasteiger partial charge in [0.2, 0.25) is 0 Å². The molecular formula is C16H26N2O. The minimum absolute atomic E-state index is 0.335. The van der Waals surface area contributed by atoms with Gasteiger partial charge in [0, 0.05) is 32.7 Å². The van der Waals surface area contributed by atoms with Crippen LogP contribution < -0.4 is 0 Å². The summed E-state index contributed by atoms with van der Waals surface area (Å²) in [5, 5.41) is 10.3. The van der Waals surface area contributed by atoms with Crippen molar-refractivity contribution in [1.82, 2.24) is 9.80 Å². The molecule has 106 valence electrons. The second-order valence-corrected chi connectivity index (χ2v) is 5.87. The number of nitrogens with zero attached hydrogens (tertiary/aromatic N) is 2. The summed E-state index contributed by atoms with van der Waals surface area (Å²) in [5.74, 6) is 0. The molecule has 0 aromatic heterocycles. The lowest BCUT2D eigenvalue weighted by Crippen LogP contribution is -2.44. The van der Waals surface area contributed by atoms with Crippen molar-refractivity contribution in [2.45, 2.75) is 26.4 Å². The summed E-state index contributed by atoms with van der Waals surface area (Å²) in [7, 11) is 2.17. The van der Waals surface area contributed by atoms with Crippen LogP contribution in [0, 0.1) is 13.8 Å². The first-order valence-electron chi connectivity index (χ1n) is 7.22. The molecule has 1 atom stereocenters. The van der Waals surface area contributed by atoms with E-state index in [2.05, 4.69) is 48.9 Å². The maximum absolute atomic E-state index is 10.3. The predicted octanol–water partition coefficient (Wildman–Crippen LogP) is 1.97. The molecule has 3 nitrogen and oxygen atoms in total. The van der Waals surface area contributed by atoms with Crippen LogP contribution in [-0.2, 0) is 0 Å². The van der Waals surface area contributed by atoms with Gasteiger partial charge in [0.25, 0.3) is 0 Å². The number of hydrogen-bond donors (Lipinski definition) is 1. The zero-order chi connectivity index (χ0) is 13.8. The highest BCUT2D eigenvalue weighted by atomic mass is 16.3. The van der Waals surface area contributed by atoms with Crippen LogP contribution in [0.3, 0.4) is 0 Å². The third-order valence-electron chi connectivity index (χ3n) is 3.94. The zero-order valence-electron chi connectivity index (χ0n) is 12.4. The first-order valence-corrected chi connectivity index (χ1v) is 7.22. The van der Waals surface area contributed by atoms with E-state index in [1.807, 2.05) is 0 Å². The molecule has 1 fully saturated rings. The second-order valence-electron chi connectivity index (χ2n) is 5.87. The normalized spacial score (nSPS) is 19.6. The Labute approximate surface area is 116 Å². The maximum Gasteiger partial charge on any atom is 0.0802 e. The molecule has 3 heteroatoms. The van der Waals surface area contributed by atoms with E-state index >= 15 is 0 Å². The van der Waals surface area contributed by atoms with E-state index in [0.717, 1.165) is 44.7 Å².